The Morgan fingerprint density at radius 2 is 2.35 bits per heavy atom. The maximum absolute atomic E-state index is 11.7. The Balaban J connectivity index is 1.67. The van der Waals surface area contributed by atoms with Crippen LogP contribution >= 0.6 is 15.9 Å². The van der Waals surface area contributed by atoms with Gasteiger partial charge in [-0.05, 0) is 32.6 Å². The van der Waals surface area contributed by atoms with Gasteiger partial charge in [0.2, 0.25) is 5.91 Å². The molecule has 0 spiro atoms. The lowest BCUT2D eigenvalue weighted by Crippen LogP contribution is -2.42. The highest BCUT2D eigenvalue weighted by molar-refractivity contribution is 9.10. The molecule has 2 rings (SSSR count). The van der Waals surface area contributed by atoms with Crippen molar-refractivity contribution in [1.29, 1.82) is 0 Å². The van der Waals surface area contributed by atoms with Gasteiger partial charge in [-0.2, -0.15) is 0 Å². The van der Waals surface area contributed by atoms with Crippen LogP contribution in [0.3, 0.4) is 0 Å². The molecule has 1 saturated carbocycles. The second kappa shape index (κ2) is 4.86. The number of nitrogens with one attached hydrogen (secondary N) is 1. The van der Waals surface area contributed by atoms with E-state index in [1.165, 1.54) is 0 Å². The highest BCUT2D eigenvalue weighted by Crippen LogP contribution is 2.50. The molecule has 98 valence electrons. The predicted octanol–water partition coefficient (Wildman–Crippen LogP) is 1.21. The summed E-state index contributed by atoms with van der Waals surface area (Å²) in [6.07, 6.45) is 3.13. The Labute approximate surface area is 110 Å². The average Bonchev–Trinajstić information content (AvgIpc) is 2.88. The summed E-state index contributed by atoms with van der Waals surface area (Å²) in [4.78, 5) is 11.7. The van der Waals surface area contributed by atoms with Crippen molar-refractivity contribution >= 4 is 21.8 Å². The molecule has 3 unspecified atom stereocenters. The molecule has 1 aliphatic carbocycles. The number of aliphatic hydroxyl groups is 1. The maximum atomic E-state index is 11.7. The van der Waals surface area contributed by atoms with Gasteiger partial charge in [-0.1, -0.05) is 15.9 Å². The van der Waals surface area contributed by atoms with E-state index in [4.69, 9.17) is 4.74 Å². The van der Waals surface area contributed by atoms with Gasteiger partial charge in [0.05, 0.1) is 18.1 Å². The normalized spacial score (nSPS) is 41.0. The molecular weight excluding hydrogens is 286 g/mol. The van der Waals surface area contributed by atoms with Gasteiger partial charge >= 0.3 is 0 Å². The first kappa shape index (κ1) is 13.3. The van der Waals surface area contributed by atoms with E-state index in [2.05, 4.69) is 21.2 Å². The Kier molecular flexibility index (Phi) is 3.80. The molecule has 1 amide bonds. The van der Waals surface area contributed by atoms with Crippen molar-refractivity contribution in [3.05, 3.63) is 0 Å². The van der Waals surface area contributed by atoms with Crippen molar-refractivity contribution < 1.29 is 14.6 Å². The number of ether oxygens (including phenoxy) is 1. The average molecular weight is 306 g/mol. The van der Waals surface area contributed by atoms with Crippen LogP contribution in [0.1, 0.15) is 32.6 Å². The number of amides is 1. The second-order valence-corrected chi connectivity index (χ2v) is 7.27. The monoisotopic (exact) mass is 305 g/mol. The highest BCUT2D eigenvalue weighted by Gasteiger charge is 2.52. The molecule has 0 radical (unpaired) electrons. The minimum atomic E-state index is -0.743. The number of alkyl halides is 1. The topological polar surface area (TPSA) is 58.6 Å². The van der Waals surface area contributed by atoms with E-state index in [1.807, 2.05) is 6.92 Å². The summed E-state index contributed by atoms with van der Waals surface area (Å²) in [7, 11) is 0. The quantitative estimate of drug-likeness (QED) is 0.768. The van der Waals surface area contributed by atoms with Gasteiger partial charge < -0.3 is 15.2 Å². The fraction of sp³-hybridized carbons (Fsp3) is 0.917. The second-order valence-electron chi connectivity index (χ2n) is 5.46. The molecule has 2 N–H and O–H groups in total. The molecule has 0 aromatic carbocycles. The summed E-state index contributed by atoms with van der Waals surface area (Å²) in [6, 6.07) is 0. The number of halogens is 1. The fourth-order valence-corrected chi connectivity index (χ4v) is 2.81. The minimum Gasteiger partial charge on any atom is -0.387 e. The Morgan fingerprint density at radius 3 is 2.88 bits per heavy atom. The van der Waals surface area contributed by atoms with Gasteiger partial charge in [0.25, 0.3) is 0 Å². The van der Waals surface area contributed by atoms with Gasteiger partial charge in [0, 0.05) is 17.5 Å². The van der Waals surface area contributed by atoms with Gasteiger partial charge in [-0.3, -0.25) is 4.79 Å². The summed E-state index contributed by atoms with van der Waals surface area (Å²) < 4.78 is 5.25. The molecule has 0 bridgehead atoms. The van der Waals surface area contributed by atoms with Gasteiger partial charge in [0.15, 0.2) is 0 Å². The largest absolute Gasteiger partial charge is 0.387 e. The van der Waals surface area contributed by atoms with Crippen molar-refractivity contribution in [2.24, 2.45) is 5.92 Å². The lowest BCUT2D eigenvalue weighted by atomic mass is 9.93. The van der Waals surface area contributed by atoms with Crippen molar-refractivity contribution in [2.75, 3.05) is 19.8 Å². The molecule has 5 heteroatoms. The third kappa shape index (κ3) is 3.42. The summed E-state index contributed by atoms with van der Waals surface area (Å²) >= 11 is 3.50. The molecule has 0 aromatic rings. The van der Waals surface area contributed by atoms with E-state index in [0.717, 1.165) is 25.9 Å². The first-order valence-corrected chi connectivity index (χ1v) is 6.99. The first-order valence-electron chi connectivity index (χ1n) is 6.20. The number of hydrogen-bond donors (Lipinski definition) is 2. The van der Waals surface area contributed by atoms with E-state index in [-0.39, 0.29) is 16.1 Å². The summed E-state index contributed by atoms with van der Waals surface area (Å²) in [5.41, 5.74) is -0.743. The van der Waals surface area contributed by atoms with Crippen LogP contribution in [0.25, 0.3) is 0 Å². The van der Waals surface area contributed by atoms with Crippen LogP contribution in [-0.2, 0) is 9.53 Å². The molecule has 4 nitrogen and oxygen atoms in total. The van der Waals surface area contributed by atoms with Gasteiger partial charge in [0.1, 0.15) is 0 Å². The fourth-order valence-electron chi connectivity index (χ4n) is 2.28. The first-order chi connectivity index (χ1) is 7.93. The van der Waals surface area contributed by atoms with Crippen molar-refractivity contribution in [3.8, 4) is 0 Å². The van der Waals surface area contributed by atoms with Gasteiger partial charge in [-0.25, -0.2) is 0 Å². The van der Waals surface area contributed by atoms with Crippen molar-refractivity contribution in [1.82, 2.24) is 5.32 Å². The van der Waals surface area contributed by atoms with Gasteiger partial charge in [-0.15, -0.1) is 0 Å². The molecule has 1 heterocycles. The Bertz CT molecular complexity index is 300. The Hall–Kier alpha value is -0.130. The summed E-state index contributed by atoms with van der Waals surface area (Å²) in [5, 5.41) is 13.0. The van der Waals surface area contributed by atoms with E-state index in [9.17, 15) is 9.90 Å². The third-order valence-electron chi connectivity index (χ3n) is 3.68. The van der Waals surface area contributed by atoms with Crippen LogP contribution in [0.5, 0.6) is 0 Å². The standard InChI is InChI=1S/C12H20BrNO3/c1-11(13)7-9(11)10(15)14-5-4-12(16)3-2-6-17-8-12/h9,16H,2-8H2,1H3,(H,14,15). The van der Waals surface area contributed by atoms with E-state index in [1.54, 1.807) is 0 Å². The zero-order chi connectivity index (χ0) is 12.5. The lowest BCUT2D eigenvalue weighted by Gasteiger charge is -2.31. The minimum absolute atomic E-state index is 0.0120. The predicted molar refractivity (Wildman–Crippen MR) is 68.1 cm³/mol. The van der Waals surface area contributed by atoms with Crippen LogP contribution < -0.4 is 5.32 Å². The summed E-state index contributed by atoms with van der Waals surface area (Å²) in [6.45, 7) is 3.68. The molecule has 3 atom stereocenters. The lowest BCUT2D eigenvalue weighted by molar-refractivity contribution is -0.123. The third-order valence-corrected chi connectivity index (χ3v) is 4.55. The zero-order valence-electron chi connectivity index (χ0n) is 10.2. The van der Waals surface area contributed by atoms with Crippen molar-refractivity contribution in [2.45, 2.75) is 42.5 Å². The zero-order valence-corrected chi connectivity index (χ0v) is 11.8. The van der Waals surface area contributed by atoms with E-state index in [0.29, 0.717) is 19.6 Å². The number of carbonyl (C=O) groups excluding carboxylic acids is 1. The number of hydrogen-bond acceptors (Lipinski definition) is 3. The molecular formula is C12H20BrNO3. The molecule has 17 heavy (non-hydrogen) atoms. The highest BCUT2D eigenvalue weighted by atomic mass is 79.9. The van der Waals surface area contributed by atoms with E-state index < -0.39 is 5.60 Å². The van der Waals surface area contributed by atoms with E-state index >= 15 is 0 Å². The Morgan fingerprint density at radius 1 is 1.65 bits per heavy atom. The molecule has 0 aromatic heterocycles. The number of rotatable bonds is 4. The van der Waals surface area contributed by atoms with Crippen LogP contribution in [-0.4, -0.2) is 40.7 Å². The summed E-state index contributed by atoms with van der Waals surface area (Å²) in [5.74, 6) is 0.171. The number of carbonyl (C=O) groups is 1. The van der Waals surface area contributed by atoms with Crippen molar-refractivity contribution in [3.63, 3.8) is 0 Å². The van der Waals surface area contributed by atoms with Crippen LogP contribution in [0, 0.1) is 5.92 Å². The van der Waals surface area contributed by atoms with Crippen LogP contribution in [0.4, 0.5) is 0 Å². The molecule has 1 saturated heterocycles. The molecule has 1 aliphatic heterocycles. The SMILES string of the molecule is CC1(Br)CC1C(=O)NCCC1(O)CCCOC1. The smallest absolute Gasteiger partial charge is 0.224 e. The molecule has 2 fully saturated rings. The maximum Gasteiger partial charge on any atom is 0.224 e. The van der Waals surface area contributed by atoms with Crippen LogP contribution in [0.15, 0.2) is 0 Å². The van der Waals surface area contributed by atoms with Crippen LogP contribution in [0.2, 0.25) is 0 Å². The molecule has 2 aliphatic rings.